The van der Waals surface area contributed by atoms with E-state index in [0.29, 0.717) is 24.5 Å². The first-order chi connectivity index (χ1) is 6.25. The number of carbonyl (C=O) groups excluding carboxylic acids is 2. The van der Waals surface area contributed by atoms with Crippen LogP contribution in [-0.2, 0) is 14.3 Å². The highest BCUT2D eigenvalue weighted by molar-refractivity contribution is 5.79. The minimum atomic E-state index is -0.0944. The molecule has 0 aromatic rings. The van der Waals surface area contributed by atoms with Gasteiger partial charge in [-0.2, -0.15) is 0 Å². The molecular weight excluding hydrogens is 168 g/mol. The number of ether oxygens (including phenoxy) is 1. The Kier molecular flexibility index (Phi) is 2.34. The van der Waals surface area contributed by atoms with E-state index in [4.69, 9.17) is 4.74 Å². The van der Waals surface area contributed by atoms with Crippen molar-refractivity contribution in [2.24, 2.45) is 5.92 Å². The first-order valence-electron chi connectivity index (χ1n) is 4.97. The molecule has 0 radical (unpaired) electrons. The van der Waals surface area contributed by atoms with Gasteiger partial charge >= 0.3 is 5.97 Å². The topological polar surface area (TPSA) is 43.4 Å². The summed E-state index contributed by atoms with van der Waals surface area (Å²) < 4.78 is 5.16. The van der Waals surface area contributed by atoms with Gasteiger partial charge in [-0.1, -0.05) is 0 Å². The van der Waals surface area contributed by atoms with Gasteiger partial charge in [0.25, 0.3) is 0 Å². The Labute approximate surface area is 77.4 Å². The van der Waals surface area contributed by atoms with Crippen LogP contribution < -0.4 is 0 Å². The van der Waals surface area contributed by atoms with Crippen molar-refractivity contribution in [2.45, 2.75) is 44.6 Å². The van der Waals surface area contributed by atoms with Crippen molar-refractivity contribution >= 4 is 11.8 Å². The predicted octanol–water partition coefficient (Wildman–Crippen LogP) is 1.45. The fourth-order valence-corrected chi connectivity index (χ4v) is 2.25. The molecule has 0 aromatic heterocycles. The highest BCUT2D eigenvalue weighted by Crippen LogP contribution is 2.31. The van der Waals surface area contributed by atoms with E-state index in [-0.39, 0.29) is 12.1 Å². The number of Topliss-reactive ketones (excluding diaryl/α,β-unsaturated/α-hetero) is 1. The lowest BCUT2D eigenvalue weighted by molar-refractivity contribution is -0.144. The van der Waals surface area contributed by atoms with E-state index < -0.39 is 0 Å². The molecular formula is C10H14O3. The Morgan fingerprint density at radius 3 is 2.62 bits per heavy atom. The molecule has 1 saturated heterocycles. The number of rotatable bonds is 1. The second kappa shape index (κ2) is 3.48. The monoisotopic (exact) mass is 182 g/mol. The molecule has 13 heavy (non-hydrogen) atoms. The van der Waals surface area contributed by atoms with Crippen molar-refractivity contribution in [3.05, 3.63) is 0 Å². The van der Waals surface area contributed by atoms with E-state index in [9.17, 15) is 9.59 Å². The molecule has 2 rings (SSSR count). The Balaban J connectivity index is 1.92. The summed E-state index contributed by atoms with van der Waals surface area (Å²) in [5.74, 6) is 0.551. The third kappa shape index (κ3) is 1.90. The van der Waals surface area contributed by atoms with E-state index in [0.717, 1.165) is 25.7 Å². The summed E-state index contributed by atoms with van der Waals surface area (Å²) in [4.78, 5) is 22.0. The number of ketones is 1. The highest BCUT2D eigenvalue weighted by atomic mass is 16.5. The van der Waals surface area contributed by atoms with Crippen molar-refractivity contribution < 1.29 is 14.3 Å². The van der Waals surface area contributed by atoms with Crippen molar-refractivity contribution in [1.29, 1.82) is 0 Å². The molecule has 0 spiro atoms. The molecule has 3 heteroatoms. The minimum Gasteiger partial charge on any atom is -0.462 e. The molecule has 0 aromatic carbocycles. The van der Waals surface area contributed by atoms with Crippen LogP contribution in [0.5, 0.6) is 0 Å². The standard InChI is InChI=1S/C10H14O3/c11-8-3-1-2-7(6-8)9-4-5-10(12)13-9/h7,9H,1-6H2/t7-,9+/m0/s1. The maximum atomic E-state index is 11.2. The van der Waals surface area contributed by atoms with Crippen LogP contribution in [-0.4, -0.2) is 17.9 Å². The van der Waals surface area contributed by atoms with Gasteiger partial charge in [-0.3, -0.25) is 9.59 Å². The van der Waals surface area contributed by atoms with Crippen molar-refractivity contribution in [2.75, 3.05) is 0 Å². The van der Waals surface area contributed by atoms with Gasteiger partial charge in [0.2, 0.25) is 0 Å². The van der Waals surface area contributed by atoms with E-state index >= 15 is 0 Å². The van der Waals surface area contributed by atoms with Gasteiger partial charge in [0.1, 0.15) is 11.9 Å². The number of hydrogen-bond donors (Lipinski definition) is 0. The number of carbonyl (C=O) groups is 2. The number of esters is 1. The zero-order chi connectivity index (χ0) is 9.26. The lowest BCUT2D eigenvalue weighted by atomic mass is 9.83. The van der Waals surface area contributed by atoms with E-state index in [1.165, 1.54) is 0 Å². The van der Waals surface area contributed by atoms with Crippen molar-refractivity contribution in [1.82, 2.24) is 0 Å². The zero-order valence-corrected chi connectivity index (χ0v) is 7.62. The molecule has 1 heterocycles. The van der Waals surface area contributed by atoms with Gasteiger partial charge < -0.3 is 4.74 Å². The van der Waals surface area contributed by atoms with E-state index in [2.05, 4.69) is 0 Å². The van der Waals surface area contributed by atoms with Crippen LogP contribution in [0, 0.1) is 5.92 Å². The summed E-state index contributed by atoms with van der Waals surface area (Å²) in [5.41, 5.74) is 0. The van der Waals surface area contributed by atoms with Crippen LogP contribution in [0.25, 0.3) is 0 Å². The Morgan fingerprint density at radius 2 is 2.00 bits per heavy atom. The lowest BCUT2D eigenvalue weighted by Crippen LogP contribution is -2.26. The van der Waals surface area contributed by atoms with E-state index in [1.54, 1.807) is 0 Å². The fourth-order valence-electron chi connectivity index (χ4n) is 2.25. The summed E-state index contributed by atoms with van der Waals surface area (Å²) in [6.45, 7) is 0. The second-order valence-corrected chi connectivity index (χ2v) is 3.96. The molecule has 1 saturated carbocycles. The molecule has 0 unspecified atom stereocenters. The Hall–Kier alpha value is -0.860. The van der Waals surface area contributed by atoms with Crippen LogP contribution in [0.1, 0.15) is 38.5 Å². The van der Waals surface area contributed by atoms with Gasteiger partial charge in [0.15, 0.2) is 0 Å². The predicted molar refractivity (Wildman–Crippen MR) is 46.1 cm³/mol. The normalized spacial score (nSPS) is 34.8. The number of cyclic esters (lactones) is 1. The number of hydrogen-bond acceptors (Lipinski definition) is 3. The Bertz CT molecular complexity index is 234. The van der Waals surface area contributed by atoms with E-state index in [1.807, 2.05) is 0 Å². The minimum absolute atomic E-state index is 0.0387. The SMILES string of the molecule is O=C1CCC[C@H]([C@H]2CCC(=O)O2)C1. The van der Waals surface area contributed by atoms with Crippen LogP contribution >= 0.6 is 0 Å². The quantitative estimate of drug-likeness (QED) is 0.576. The summed E-state index contributed by atoms with van der Waals surface area (Å²) in [6, 6.07) is 0. The Morgan fingerprint density at radius 1 is 1.15 bits per heavy atom. The van der Waals surface area contributed by atoms with Crippen LogP contribution in [0.4, 0.5) is 0 Å². The average Bonchev–Trinajstić information content (AvgIpc) is 2.52. The smallest absolute Gasteiger partial charge is 0.306 e. The maximum Gasteiger partial charge on any atom is 0.306 e. The summed E-state index contributed by atoms with van der Waals surface area (Å²) in [7, 11) is 0. The third-order valence-electron chi connectivity index (χ3n) is 2.96. The third-order valence-corrected chi connectivity index (χ3v) is 2.96. The van der Waals surface area contributed by atoms with Gasteiger partial charge in [0.05, 0.1) is 0 Å². The lowest BCUT2D eigenvalue weighted by Gasteiger charge is -2.25. The molecule has 1 aliphatic carbocycles. The van der Waals surface area contributed by atoms with Gasteiger partial charge in [-0.25, -0.2) is 0 Å². The molecule has 2 fully saturated rings. The molecule has 2 atom stereocenters. The maximum absolute atomic E-state index is 11.2. The largest absolute Gasteiger partial charge is 0.462 e. The average molecular weight is 182 g/mol. The molecule has 1 aliphatic heterocycles. The van der Waals surface area contributed by atoms with Gasteiger partial charge in [0, 0.05) is 25.2 Å². The molecule has 72 valence electrons. The second-order valence-electron chi connectivity index (χ2n) is 3.96. The first-order valence-corrected chi connectivity index (χ1v) is 4.97. The van der Waals surface area contributed by atoms with Crippen molar-refractivity contribution in [3.8, 4) is 0 Å². The highest BCUT2D eigenvalue weighted by Gasteiger charge is 2.33. The van der Waals surface area contributed by atoms with Crippen molar-refractivity contribution in [3.63, 3.8) is 0 Å². The molecule has 0 bridgehead atoms. The van der Waals surface area contributed by atoms with Gasteiger partial charge in [-0.05, 0) is 19.3 Å². The molecule has 0 amide bonds. The summed E-state index contributed by atoms with van der Waals surface area (Å²) in [5, 5.41) is 0. The molecule has 3 nitrogen and oxygen atoms in total. The zero-order valence-electron chi connectivity index (χ0n) is 7.62. The molecule has 0 N–H and O–H groups in total. The van der Waals surface area contributed by atoms with Crippen LogP contribution in [0.2, 0.25) is 0 Å². The summed E-state index contributed by atoms with van der Waals surface area (Å²) in [6.07, 6.45) is 4.75. The fraction of sp³-hybridized carbons (Fsp3) is 0.800. The molecule has 2 aliphatic rings. The van der Waals surface area contributed by atoms with Gasteiger partial charge in [-0.15, -0.1) is 0 Å². The first kappa shape index (κ1) is 8.73. The van der Waals surface area contributed by atoms with Crippen LogP contribution in [0.15, 0.2) is 0 Å². The van der Waals surface area contributed by atoms with Crippen LogP contribution in [0.3, 0.4) is 0 Å². The summed E-state index contributed by atoms with van der Waals surface area (Å²) >= 11 is 0.